The summed E-state index contributed by atoms with van der Waals surface area (Å²) in [5.41, 5.74) is 0. The van der Waals surface area contributed by atoms with Crippen molar-refractivity contribution in [1.29, 1.82) is 0 Å². The second-order valence-corrected chi connectivity index (χ2v) is 7.31. The summed E-state index contributed by atoms with van der Waals surface area (Å²) in [5.74, 6) is 0.0352. The molecule has 0 radical (unpaired) electrons. The highest BCUT2D eigenvalue weighted by Crippen LogP contribution is 2.38. The molecule has 1 aliphatic carbocycles. The van der Waals surface area contributed by atoms with Crippen molar-refractivity contribution < 1.29 is 24.5 Å². The molecule has 1 aromatic rings. The maximum atomic E-state index is 12.5. The summed E-state index contributed by atoms with van der Waals surface area (Å²) in [6.07, 6.45) is 3.00. The highest BCUT2D eigenvalue weighted by atomic mass is 16.5. The van der Waals surface area contributed by atoms with Gasteiger partial charge in [0, 0.05) is 24.1 Å². The Labute approximate surface area is 148 Å². The molecule has 0 saturated heterocycles. The molecule has 6 nitrogen and oxygen atoms in total. The number of hydrogen-bond acceptors (Lipinski definition) is 5. The average Bonchev–Trinajstić information content (AvgIpc) is 2.51. The molecule has 25 heavy (non-hydrogen) atoms. The summed E-state index contributed by atoms with van der Waals surface area (Å²) < 4.78 is 5.04. The van der Waals surface area contributed by atoms with Gasteiger partial charge in [0.1, 0.15) is 23.8 Å². The highest BCUT2D eigenvalue weighted by Gasteiger charge is 2.35. The molecule has 1 aromatic carbocycles. The molecule has 138 valence electrons. The molecule has 1 aliphatic rings. The van der Waals surface area contributed by atoms with Crippen molar-refractivity contribution in [2.75, 3.05) is 6.54 Å². The number of esters is 1. The minimum Gasteiger partial charge on any atom is -0.508 e. The fraction of sp³-hybridized carbons (Fsp3) is 0.579. The maximum Gasteiger partial charge on any atom is 0.330 e. The van der Waals surface area contributed by atoms with Gasteiger partial charge in [0.2, 0.25) is 5.91 Å². The van der Waals surface area contributed by atoms with E-state index < -0.39 is 5.97 Å². The molecular weight excluding hydrogens is 322 g/mol. The summed E-state index contributed by atoms with van der Waals surface area (Å²) in [6, 6.07) is 3.57. The van der Waals surface area contributed by atoms with Crippen molar-refractivity contribution >= 4 is 11.9 Å². The van der Waals surface area contributed by atoms with Crippen LogP contribution in [0.5, 0.6) is 17.2 Å². The van der Waals surface area contributed by atoms with Crippen molar-refractivity contribution in [3.8, 4) is 17.2 Å². The first-order valence-electron chi connectivity index (χ1n) is 8.77. The zero-order chi connectivity index (χ0) is 18.6. The van der Waals surface area contributed by atoms with E-state index in [1.165, 1.54) is 12.1 Å². The van der Waals surface area contributed by atoms with Crippen molar-refractivity contribution in [3.63, 3.8) is 0 Å². The Morgan fingerprint density at radius 2 is 1.84 bits per heavy atom. The summed E-state index contributed by atoms with van der Waals surface area (Å²) in [6.45, 7) is 6.16. The lowest BCUT2D eigenvalue weighted by Crippen LogP contribution is -2.42. The standard InChI is InChI=1S/C19H27NO5/c1-11(2)16-5-4-12(3)6-17(16)19(24)20-10-18(23)25-15-8-13(21)7-14(22)9-15/h7-9,11-12,16-17,21-22H,4-6,10H2,1-3H3,(H,20,24)/t12-,16+,17-/m1/s1. The summed E-state index contributed by atoms with van der Waals surface area (Å²) in [7, 11) is 0. The number of amides is 1. The minimum absolute atomic E-state index is 0.0306. The number of rotatable bonds is 5. The van der Waals surface area contributed by atoms with Crippen molar-refractivity contribution in [2.24, 2.45) is 23.7 Å². The van der Waals surface area contributed by atoms with E-state index in [0.29, 0.717) is 17.8 Å². The molecule has 0 heterocycles. The van der Waals surface area contributed by atoms with Gasteiger partial charge < -0.3 is 20.3 Å². The SMILES string of the molecule is CC(C)[C@@H]1CC[C@@H](C)C[C@H]1C(=O)NCC(=O)Oc1cc(O)cc(O)c1. The monoisotopic (exact) mass is 349 g/mol. The average molecular weight is 349 g/mol. The molecule has 6 heteroatoms. The number of aromatic hydroxyl groups is 2. The van der Waals surface area contributed by atoms with E-state index >= 15 is 0 Å². The number of carbonyl (C=O) groups is 2. The highest BCUT2D eigenvalue weighted by molar-refractivity contribution is 5.84. The largest absolute Gasteiger partial charge is 0.508 e. The molecule has 3 atom stereocenters. The first kappa shape index (κ1) is 19.1. The van der Waals surface area contributed by atoms with Gasteiger partial charge in [-0.15, -0.1) is 0 Å². The van der Waals surface area contributed by atoms with Gasteiger partial charge in [0.05, 0.1) is 0 Å². The van der Waals surface area contributed by atoms with Crippen LogP contribution in [-0.2, 0) is 9.59 Å². The van der Waals surface area contributed by atoms with E-state index in [9.17, 15) is 19.8 Å². The third-order valence-corrected chi connectivity index (χ3v) is 4.87. The van der Waals surface area contributed by atoms with Crippen molar-refractivity contribution in [1.82, 2.24) is 5.32 Å². The molecule has 1 amide bonds. The molecule has 1 saturated carbocycles. The first-order valence-corrected chi connectivity index (χ1v) is 8.77. The van der Waals surface area contributed by atoms with E-state index in [1.807, 2.05) is 0 Å². The van der Waals surface area contributed by atoms with Crippen molar-refractivity contribution in [3.05, 3.63) is 18.2 Å². The zero-order valence-electron chi connectivity index (χ0n) is 15.0. The number of benzene rings is 1. The molecule has 0 aromatic heterocycles. The van der Waals surface area contributed by atoms with Crippen LogP contribution in [0.3, 0.4) is 0 Å². The molecule has 0 bridgehead atoms. The quantitative estimate of drug-likeness (QED) is 0.561. The third-order valence-electron chi connectivity index (χ3n) is 4.87. The summed E-state index contributed by atoms with van der Waals surface area (Å²) >= 11 is 0. The topological polar surface area (TPSA) is 95.9 Å². The lowest BCUT2D eigenvalue weighted by molar-refractivity contribution is -0.137. The Kier molecular flexibility index (Phi) is 6.28. The summed E-state index contributed by atoms with van der Waals surface area (Å²) in [4.78, 5) is 24.4. The van der Waals surface area contributed by atoms with Crippen LogP contribution in [-0.4, -0.2) is 28.6 Å². The van der Waals surface area contributed by atoms with Gasteiger partial charge >= 0.3 is 5.97 Å². The van der Waals surface area contributed by atoms with E-state index in [4.69, 9.17) is 4.74 Å². The second-order valence-electron chi connectivity index (χ2n) is 7.31. The smallest absolute Gasteiger partial charge is 0.330 e. The van der Waals surface area contributed by atoms with Crippen LogP contribution in [0.4, 0.5) is 0 Å². The molecule has 1 fully saturated rings. The van der Waals surface area contributed by atoms with E-state index in [0.717, 1.165) is 25.3 Å². The Morgan fingerprint density at radius 1 is 1.20 bits per heavy atom. The first-order chi connectivity index (χ1) is 11.8. The van der Waals surface area contributed by atoms with Gasteiger partial charge in [0.15, 0.2) is 0 Å². The Morgan fingerprint density at radius 3 is 2.44 bits per heavy atom. The van der Waals surface area contributed by atoms with Gasteiger partial charge in [-0.25, -0.2) is 4.79 Å². The second kappa shape index (κ2) is 8.23. The summed E-state index contributed by atoms with van der Waals surface area (Å²) in [5, 5.41) is 21.4. The van der Waals surface area contributed by atoms with Crippen molar-refractivity contribution in [2.45, 2.75) is 40.0 Å². The number of phenolic OH excluding ortho intramolecular Hbond substituents is 2. The Hall–Kier alpha value is -2.24. The van der Waals surface area contributed by atoms with Gasteiger partial charge in [0.25, 0.3) is 0 Å². The van der Waals surface area contributed by atoms with Gasteiger partial charge in [-0.2, -0.15) is 0 Å². The molecule has 2 rings (SSSR count). The van der Waals surface area contributed by atoms with Gasteiger partial charge in [-0.3, -0.25) is 4.79 Å². The van der Waals surface area contributed by atoms with Crippen LogP contribution < -0.4 is 10.1 Å². The number of nitrogens with one attached hydrogen (secondary N) is 1. The molecular formula is C19H27NO5. The Bertz CT molecular complexity index is 608. The molecule has 0 unspecified atom stereocenters. The number of ether oxygens (including phenoxy) is 1. The normalized spacial score (nSPS) is 23.3. The third kappa shape index (κ3) is 5.37. The fourth-order valence-corrected chi connectivity index (χ4v) is 3.59. The van der Waals surface area contributed by atoms with E-state index in [2.05, 4.69) is 26.1 Å². The molecule has 0 aliphatic heterocycles. The van der Waals surface area contributed by atoms with Gasteiger partial charge in [-0.1, -0.05) is 27.2 Å². The van der Waals surface area contributed by atoms with Crippen LogP contribution >= 0.6 is 0 Å². The number of hydrogen-bond donors (Lipinski definition) is 3. The molecule has 0 spiro atoms. The molecule has 3 N–H and O–H groups in total. The number of carbonyl (C=O) groups excluding carboxylic acids is 2. The van der Waals surface area contributed by atoms with Gasteiger partial charge in [-0.05, 0) is 30.6 Å². The predicted octanol–water partition coefficient (Wildman–Crippen LogP) is 2.83. The van der Waals surface area contributed by atoms with Crippen LogP contribution in [0, 0.1) is 23.7 Å². The lowest BCUT2D eigenvalue weighted by Gasteiger charge is -2.36. The van der Waals surface area contributed by atoms with Crippen LogP contribution in [0.15, 0.2) is 18.2 Å². The van der Waals surface area contributed by atoms with Crippen LogP contribution in [0.2, 0.25) is 0 Å². The Balaban J connectivity index is 1.90. The predicted molar refractivity (Wildman–Crippen MR) is 93.2 cm³/mol. The van der Waals surface area contributed by atoms with E-state index in [-0.39, 0.29) is 35.6 Å². The number of phenols is 2. The fourth-order valence-electron chi connectivity index (χ4n) is 3.59. The lowest BCUT2D eigenvalue weighted by atomic mass is 9.70. The van der Waals surface area contributed by atoms with Crippen LogP contribution in [0.25, 0.3) is 0 Å². The minimum atomic E-state index is -0.650. The van der Waals surface area contributed by atoms with Crippen LogP contribution in [0.1, 0.15) is 40.0 Å². The zero-order valence-corrected chi connectivity index (χ0v) is 15.0. The van der Waals surface area contributed by atoms with E-state index in [1.54, 1.807) is 0 Å². The maximum absolute atomic E-state index is 12.5.